The minimum Gasteiger partial charge on any atom is -0.362 e. The first-order chi connectivity index (χ1) is 8.84. The molecule has 0 atom stereocenters. The van der Waals surface area contributed by atoms with Crippen molar-refractivity contribution in [3.63, 3.8) is 0 Å². The summed E-state index contributed by atoms with van der Waals surface area (Å²) in [7, 11) is 0. The van der Waals surface area contributed by atoms with Crippen LogP contribution in [0.25, 0.3) is 0 Å². The highest BCUT2D eigenvalue weighted by Crippen LogP contribution is 1.97. The molecule has 2 N–H and O–H groups in total. The molecule has 0 unspecified atom stereocenters. The van der Waals surface area contributed by atoms with Gasteiger partial charge in [-0.15, -0.1) is 5.10 Å². The number of rotatable bonds is 4. The SMILES string of the molecule is S=C(NCCc1ccccn1)Nc1cccnn1. The monoisotopic (exact) mass is 259 g/mol. The Morgan fingerprint density at radius 1 is 1.17 bits per heavy atom. The van der Waals surface area contributed by atoms with Crippen molar-refractivity contribution in [2.75, 3.05) is 11.9 Å². The summed E-state index contributed by atoms with van der Waals surface area (Å²) in [6.45, 7) is 0.725. The second kappa shape index (κ2) is 6.61. The van der Waals surface area contributed by atoms with Crippen LogP contribution in [0.3, 0.4) is 0 Å². The molecule has 0 amide bonds. The molecule has 0 aliphatic rings. The van der Waals surface area contributed by atoms with Gasteiger partial charge >= 0.3 is 0 Å². The molecular formula is C12H13N5S. The Morgan fingerprint density at radius 2 is 2.11 bits per heavy atom. The van der Waals surface area contributed by atoms with E-state index in [4.69, 9.17) is 12.2 Å². The molecule has 2 aromatic rings. The maximum absolute atomic E-state index is 5.14. The van der Waals surface area contributed by atoms with E-state index in [9.17, 15) is 0 Å². The molecule has 0 radical (unpaired) electrons. The van der Waals surface area contributed by atoms with Gasteiger partial charge in [0.25, 0.3) is 0 Å². The first-order valence-electron chi connectivity index (χ1n) is 5.57. The molecule has 92 valence electrons. The maximum Gasteiger partial charge on any atom is 0.172 e. The predicted molar refractivity (Wildman–Crippen MR) is 74.2 cm³/mol. The molecule has 18 heavy (non-hydrogen) atoms. The van der Waals surface area contributed by atoms with Crippen molar-refractivity contribution in [1.29, 1.82) is 0 Å². The molecule has 6 heteroatoms. The molecule has 0 fully saturated rings. The lowest BCUT2D eigenvalue weighted by Gasteiger charge is -2.08. The van der Waals surface area contributed by atoms with Gasteiger partial charge in [-0.2, -0.15) is 5.10 Å². The highest BCUT2D eigenvalue weighted by Gasteiger charge is 1.98. The zero-order valence-electron chi connectivity index (χ0n) is 9.71. The van der Waals surface area contributed by atoms with Crippen LogP contribution in [-0.2, 0) is 6.42 Å². The van der Waals surface area contributed by atoms with Crippen molar-refractivity contribution in [3.05, 3.63) is 48.4 Å². The third kappa shape index (κ3) is 4.06. The van der Waals surface area contributed by atoms with Gasteiger partial charge < -0.3 is 10.6 Å². The van der Waals surface area contributed by atoms with E-state index in [1.807, 2.05) is 18.2 Å². The summed E-state index contributed by atoms with van der Waals surface area (Å²) in [5, 5.41) is 14.2. The van der Waals surface area contributed by atoms with Crippen LogP contribution in [0, 0.1) is 0 Å². The minimum absolute atomic E-state index is 0.534. The Bertz CT molecular complexity index is 488. The molecule has 2 aromatic heterocycles. The molecular weight excluding hydrogens is 246 g/mol. The fourth-order valence-electron chi connectivity index (χ4n) is 1.38. The van der Waals surface area contributed by atoms with E-state index < -0.39 is 0 Å². The molecule has 2 heterocycles. The Morgan fingerprint density at radius 3 is 2.83 bits per heavy atom. The topological polar surface area (TPSA) is 62.7 Å². The van der Waals surface area contributed by atoms with Crippen LogP contribution >= 0.6 is 12.2 Å². The fraction of sp³-hybridized carbons (Fsp3) is 0.167. The standard InChI is InChI=1S/C12H13N5S/c18-12(16-11-5-3-8-15-17-11)14-9-6-10-4-1-2-7-13-10/h1-5,7-8H,6,9H2,(H2,14,16,17,18). The molecule has 0 bridgehead atoms. The molecule has 0 aliphatic heterocycles. The third-order valence-electron chi connectivity index (χ3n) is 2.21. The van der Waals surface area contributed by atoms with Crippen molar-refractivity contribution in [3.8, 4) is 0 Å². The van der Waals surface area contributed by atoms with Crippen LogP contribution in [0.4, 0.5) is 5.82 Å². The van der Waals surface area contributed by atoms with E-state index in [0.717, 1.165) is 18.7 Å². The summed E-state index contributed by atoms with van der Waals surface area (Å²) in [5.41, 5.74) is 1.03. The number of hydrogen-bond donors (Lipinski definition) is 2. The number of nitrogens with zero attached hydrogens (tertiary/aromatic N) is 3. The normalized spacial score (nSPS) is 9.78. The minimum atomic E-state index is 0.534. The zero-order chi connectivity index (χ0) is 12.6. The first-order valence-corrected chi connectivity index (χ1v) is 5.98. The Hall–Kier alpha value is -2.08. The smallest absolute Gasteiger partial charge is 0.172 e. The lowest BCUT2D eigenvalue weighted by molar-refractivity contribution is 0.846. The van der Waals surface area contributed by atoms with Gasteiger partial charge in [-0.3, -0.25) is 4.98 Å². The van der Waals surface area contributed by atoms with Gasteiger partial charge in [0.1, 0.15) is 0 Å². The van der Waals surface area contributed by atoms with Crippen LogP contribution in [0.15, 0.2) is 42.7 Å². The van der Waals surface area contributed by atoms with Crippen LogP contribution < -0.4 is 10.6 Å². The van der Waals surface area contributed by atoms with Gasteiger partial charge in [-0.25, -0.2) is 0 Å². The molecule has 2 rings (SSSR count). The van der Waals surface area contributed by atoms with E-state index >= 15 is 0 Å². The summed E-state index contributed by atoms with van der Waals surface area (Å²) in [6.07, 6.45) is 4.22. The van der Waals surface area contributed by atoms with Gasteiger partial charge in [0.15, 0.2) is 10.9 Å². The number of pyridine rings is 1. The van der Waals surface area contributed by atoms with E-state index in [0.29, 0.717) is 10.9 Å². The number of thiocarbonyl (C=S) groups is 1. The van der Waals surface area contributed by atoms with Gasteiger partial charge in [0.2, 0.25) is 0 Å². The Labute approximate surface area is 111 Å². The summed E-state index contributed by atoms with van der Waals surface area (Å²) in [6, 6.07) is 9.46. The maximum atomic E-state index is 5.14. The van der Waals surface area contributed by atoms with Crippen LogP contribution in [0.5, 0.6) is 0 Å². The van der Waals surface area contributed by atoms with Gasteiger partial charge in [-0.05, 0) is 36.5 Å². The molecule has 0 aliphatic carbocycles. The number of nitrogens with one attached hydrogen (secondary N) is 2. The average Bonchev–Trinajstić information content (AvgIpc) is 2.41. The van der Waals surface area contributed by atoms with Crippen molar-refractivity contribution in [2.45, 2.75) is 6.42 Å². The fourth-order valence-corrected chi connectivity index (χ4v) is 1.59. The number of anilines is 1. The van der Waals surface area contributed by atoms with Crippen molar-refractivity contribution in [1.82, 2.24) is 20.5 Å². The van der Waals surface area contributed by atoms with E-state index in [1.54, 1.807) is 24.5 Å². The third-order valence-corrected chi connectivity index (χ3v) is 2.45. The lowest BCUT2D eigenvalue weighted by atomic mass is 10.3. The summed E-state index contributed by atoms with van der Waals surface area (Å²) in [5.74, 6) is 0.632. The zero-order valence-corrected chi connectivity index (χ0v) is 10.5. The van der Waals surface area contributed by atoms with Crippen molar-refractivity contribution >= 4 is 23.1 Å². The summed E-state index contributed by atoms with van der Waals surface area (Å²) >= 11 is 5.14. The Kier molecular flexibility index (Phi) is 4.54. The van der Waals surface area contributed by atoms with E-state index in [1.165, 1.54) is 0 Å². The van der Waals surface area contributed by atoms with E-state index in [-0.39, 0.29) is 0 Å². The first kappa shape index (κ1) is 12.4. The Balaban J connectivity index is 1.73. The molecule has 0 saturated carbocycles. The number of hydrogen-bond acceptors (Lipinski definition) is 4. The van der Waals surface area contributed by atoms with Crippen LogP contribution in [-0.4, -0.2) is 26.8 Å². The average molecular weight is 259 g/mol. The quantitative estimate of drug-likeness (QED) is 0.809. The summed E-state index contributed by atoms with van der Waals surface area (Å²) in [4.78, 5) is 4.23. The lowest BCUT2D eigenvalue weighted by Crippen LogP contribution is -2.30. The second-order valence-electron chi connectivity index (χ2n) is 3.56. The van der Waals surface area contributed by atoms with Gasteiger partial charge in [0, 0.05) is 31.1 Å². The predicted octanol–water partition coefficient (Wildman–Crippen LogP) is 1.40. The van der Waals surface area contributed by atoms with Crippen LogP contribution in [0.2, 0.25) is 0 Å². The molecule has 0 aromatic carbocycles. The van der Waals surface area contributed by atoms with Gasteiger partial charge in [-0.1, -0.05) is 6.07 Å². The largest absolute Gasteiger partial charge is 0.362 e. The van der Waals surface area contributed by atoms with Crippen molar-refractivity contribution < 1.29 is 0 Å². The summed E-state index contributed by atoms with van der Waals surface area (Å²) < 4.78 is 0. The highest BCUT2D eigenvalue weighted by molar-refractivity contribution is 7.80. The number of aromatic nitrogens is 3. The van der Waals surface area contributed by atoms with Gasteiger partial charge in [0.05, 0.1) is 0 Å². The van der Waals surface area contributed by atoms with E-state index in [2.05, 4.69) is 25.8 Å². The van der Waals surface area contributed by atoms with Crippen molar-refractivity contribution in [2.24, 2.45) is 0 Å². The second-order valence-corrected chi connectivity index (χ2v) is 3.97. The molecule has 0 spiro atoms. The van der Waals surface area contributed by atoms with Crippen LogP contribution in [0.1, 0.15) is 5.69 Å². The molecule has 0 saturated heterocycles. The highest BCUT2D eigenvalue weighted by atomic mass is 32.1. The molecule has 5 nitrogen and oxygen atoms in total.